The first-order chi connectivity index (χ1) is 12.5. The number of hydrogen-bond acceptors (Lipinski definition) is 6. The van der Waals surface area contributed by atoms with Gasteiger partial charge in [-0.3, -0.25) is 14.9 Å². The number of aliphatic hydroxyl groups is 1. The van der Waals surface area contributed by atoms with Crippen LogP contribution < -0.4 is 5.32 Å². The second-order valence-corrected chi connectivity index (χ2v) is 7.62. The molecule has 1 unspecified atom stereocenters. The molecule has 7 nitrogen and oxygen atoms in total. The molecule has 1 fully saturated rings. The van der Waals surface area contributed by atoms with Crippen molar-refractivity contribution in [2.24, 2.45) is 0 Å². The highest BCUT2D eigenvalue weighted by molar-refractivity contribution is 7.15. The van der Waals surface area contributed by atoms with Crippen LogP contribution in [0.2, 0.25) is 5.02 Å². The molecule has 1 saturated heterocycles. The molecule has 1 aliphatic heterocycles. The van der Waals surface area contributed by atoms with Gasteiger partial charge in [-0.05, 0) is 37.0 Å². The fourth-order valence-corrected chi connectivity index (χ4v) is 3.64. The van der Waals surface area contributed by atoms with E-state index in [1.807, 2.05) is 24.3 Å². The highest BCUT2D eigenvalue weighted by atomic mass is 35.5. The lowest BCUT2D eigenvalue weighted by atomic mass is 10.2. The molecular formula is C17H19ClN4O3S. The van der Waals surface area contributed by atoms with E-state index in [1.165, 1.54) is 16.2 Å². The molecule has 0 saturated carbocycles. The van der Waals surface area contributed by atoms with Crippen LogP contribution in [-0.2, 0) is 16.0 Å². The molecule has 2 heterocycles. The maximum absolute atomic E-state index is 12.2. The van der Waals surface area contributed by atoms with Crippen LogP contribution in [0.5, 0.6) is 0 Å². The fraction of sp³-hybridized carbons (Fsp3) is 0.412. The first kappa shape index (κ1) is 18.8. The van der Waals surface area contributed by atoms with E-state index in [0.29, 0.717) is 29.5 Å². The average molecular weight is 395 g/mol. The van der Waals surface area contributed by atoms with Gasteiger partial charge in [0.2, 0.25) is 11.0 Å². The van der Waals surface area contributed by atoms with Gasteiger partial charge >= 0.3 is 0 Å². The van der Waals surface area contributed by atoms with Crippen molar-refractivity contribution in [1.29, 1.82) is 0 Å². The summed E-state index contributed by atoms with van der Waals surface area (Å²) in [5, 5.41) is 22.3. The van der Waals surface area contributed by atoms with Crippen molar-refractivity contribution in [3.63, 3.8) is 0 Å². The number of hydrogen-bond donors (Lipinski definition) is 2. The van der Waals surface area contributed by atoms with Crippen LogP contribution in [0.3, 0.4) is 0 Å². The van der Waals surface area contributed by atoms with Gasteiger partial charge in [0.05, 0.1) is 0 Å². The zero-order valence-corrected chi connectivity index (χ0v) is 15.6. The van der Waals surface area contributed by atoms with Crippen LogP contribution in [0.25, 0.3) is 0 Å². The Hall–Kier alpha value is -2.03. The Morgan fingerprint density at radius 2 is 2.08 bits per heavy atom. The number of rotatable bonds is 5. The van der Waals surface area contributed by atoms with Crippen LogP contribution in [0, 0.1) is 0 Å². The summed E-state index contributed by atoms with van der Waals surface area (Å²) in [5.74, 6) is -0.736. The number of anilines is 1. The van der Waals surface area contributed by atoms with Gasteiger partial charge in [-0.2, -0.15) is 0 Å². The third-order valence-electron chi connectivity index (χ3n) is 4.07. The first-order valence-corrected chi connectivity index (χ1v) is 9.54. The number of halogens is 1. The summed E-state index contributed by atoms with van der Waals surface area (Å²) in [7, 11) is 0. The Bertz CT molecular complexity index is 781. The van der Waals surface area contributed by atoms with Crippen molar-refractivity contribution in [3.8, 4) is 0 Å². The Balaban J connectivity index is 1.55. The highest BCUT2D eigenvalue weighted by Gasteiger charge is 2.26. The topological polar surface area (TPSA) is 95.4 Å². The van der Waals surface area contributed by atoms with Crippen LogP contribution in [-0.4, -0.2) is 51.2 Å². The van der Waals surface area contributed by atoms with Crippen molar-refractivity contribution in [2.45, 2.75) is 31.8 Å². The van der Waals surface area contributed by atoms with E-state index in [1.54, 1.807) is 0 Å². The van der Waals surface area contributed by atoms with E-state index in [4.69, 9.17) is 11.6 Å². The van der Waals surface area contributed by atoms with E-state index >= 15 is 0 Å². The number of likely N-dealkylation sites (tertiary alicyclic amines) is 1. The molecule has 2 amide bonds. The zero-order valence-electron chi connectivity index (χ0n) is 14.0. The Labute approximate surface area is 160 Å². The third-order valence-corrected chi connectivity index (χ3v) is 5.16. The number of carbonyl (C=O) groups is 2. The quantitative estimate of drug-likeness (QED) is 0.809. The summed E-state index contributed by atoms with van der Waals surface area (Å²) in [4.78, 5) is 25.6. The SMILES string of the molecule is O=C(CN1CCCCC(O)C1=O)Nc1nnc(Cc2ccc(Cl)cc2)s1. The van der Waals surface area contributed by atoms with Crippen molar-refractivity contribution in [2.75, 3.05) is 18.4 Å². The number of nitrogens with one attached hydrogen (secondary N) is 1. The monoisotopic (exact) mass is 394 g/mol. The molecule has 138 valence electrons. The number of aromatic nitrogens is 2. The van der Waals surface area contributed by atoms with Crippen molar-refractivity contribution < 1.29 is 14.7 Å². The number of amides is 2. The highest BCUT2D eigenvalue weighted by Crippen LogP contribution is 2.20. The van der Waals surface area contributed by atoms with Gasteiger partial charge in [-0.25, -0.2) is 0 Å². The largest absolute Gasteiger partial charge is 0.383 e. The van der Waals surface area contributed by atoms with Gasteiger partial charge in [-0.1, -0.05) is 35.1 Å². The molecule has 1 aromatic carbocycles. The second kappa shape index (κ2) is 8.57. The maximum Gasteiger partial charge on any atom is 0.251 e. The van der Waals surface area contributed by atoms with E-state index in [-0.39, 0.29) is 12.5 Å². The van der Waals surface area contributed by atoms with Gasteiger partial charge in [0.25, 0.3) is 5.91 Å². The van der Waals surface area contributed by atoms with Gasteiger partial charge < -0.3 is 10.0 Å². The molecule has 1 aliphatic rings. The van der Waals surface area contributed by atoms with Crippen LogP contribution in [0.1, 0.15) is 29.8 Å². The lowest BCUT2D eigenvalue weighted by molar-refractivity contribution is -0.141. The molecule has 2 N–H and O–H groups in total. The molecule has 2 aromatic rings. The standard InChI is InChI=1S/C17H19ClN4O3S/c18-12-6-4-11(5-7-12)9-15-20-21-17(26-15)19-14(24)10-22-8-2-1-3-13(23)16(22)25/h4-7,13,23H,1-3,8-10H2,(H,19,21,24). The van der Waals surface area contributed by atoms with Gasteiger partial charge in [-0.15, -0.1) is 10.2 Å². The molecule has 1 atom stereocenters. The summed E-state index contributed by atoms with van der Waals surface area (Å²) in [6.45, 7) is 0.378. The van der Waals surface area contributed by atoms with E-state index < -0.39 is 12.0 Å². The van der Waals surface area contributed by atoms with E-state index in [9.17, 15) is 14.7 Å². The molecule has 0 spiro atoms. The van der Waals surface area contributed by atoms with E-state index in [2.05, 4.69) is 15.5 Å². The normalized spacial score (nSPS) is 17.8. The third kappa shape index (κ3) is 5.00. The van der Waals surface area contributed by atoms with E-state index in [0.717, 1.165) is 23.4 Å². The molecule has 0 bridgehead atoms. The first-order valence-electron chi connectivity index (χ1n) is 8.35. The van der Waals surface area contributed by atoms with Crippen LogP contribution in [0.4, 0.5) is 5.13 Å². The lowest BCUT2D eigenvalue weighted by Crippen LogP contribution is -2.42. The molecule has 3 rings (SSSR count). The summed E-state index contributed by atoms with van der Waals surface area (Å²) < 4.78 is 0. The zero-order chi connectivity index (χ0) is 18.5. The summed E-state index contributed by atoms with van der Waals surface area (Å²) >= 11 is 7.16. The van der Waals surface area contributed by atoms with Gasteiger partial charge in [0.1, 0.15) is 17.7 Å². The predicted molar refractivity (Wildman–Crippen MR) is 99.2 cm³/mol. The lowest BCUT2D eigenvalue weighted by Gasteiger charge is -2.21. The Morgan fingerprint density at radius 1 is 1.31 bits per heavy atom. The predicted octanol–water partition coefficient (Wildman–Crippen LogP) is 2.09. The number of carbonyl (C=O) groups excluding carboxylic acids is 2. The molecule has 26 heavy (non-hydrogen) atoms. The van der Waals surface area contributed by atoms with Gasteiger partial charge in [0.15, 0.2) is 0 Å². The minimum atomic E-state index is -1.02. The maximum atomic E-state index is 12.2. The molecule has 9 heteroatoms. The summed E-state index contributed by atoms with van der Waals surface area (Å²) in [5.41, 5.74) is 1.05. The summed E-state index contributed by atoms with van der Waals surface area (Å²) in [6, 6.07) is 7.46. The molecular weight excluding hydrogens is 376 g/mol. The average Bonchev–Trinajstić information content (AvgIpc) is 2.98. The van der Waals surface area contributed by atoms with Crippen molar-refractivity contribution in [3.05, 3.63) is 39.9 Å². The Morgan fingerprint density at radius 3 is 2.85 bits per heavy atom. The Kier molecular flexibility index (Phi) is 6.18. The number of benzene rings is 1. The molecule has 1 aromatic heterocycles. The van der Waals surface area contributed by atoms with Crippen LogP contribution in [0.15, 0.2) is 24.3 Å². The van der Waals surface area contributed by atoms with Crippen molar-refractivity contribution in [1.82, 2.24) is 15.1 Å². The second-order valence-electron chi connectivity index (χ2n) is 6.12. The number of nitrogens with zero attached hydrogens (tertiary/aromatic N) is 3. The molecule has 0 aliphatic carbocycles. The fourth-order valence-electron chi connectivity index (χ4n) is 2.73. The number of aliphatic hydroxyl groups excluding tert-OH is 1. The summed E-state index contributed by atoms with van der Waals surface area (Å²) in [6.07, 6.45) is 1.58. The minimum absolute atomic E-state index is 0.0952. The van der Waals surface area contributed by atoms with Gasteiger partial charge in [0, 0.05) is 18.0 Å². The molecule has 0 radical (unpaired) electrons. The minimum Gasteiger partial charge on any atom is -0.383 e. The smallest absolute Gasteiger partial charge is 0.251 e. The van der Waals surface area contributed by atoms with Crippen LogP contribution >= 0.6 is 22.9 Å². The van der Waals surface area contributed by atoms with Crippen molar-refractivity contribution >= 4 is 39.9 Å².